The van der Waals surface area contributed by atoms with Crippen molar-refractivity contribution in [2.24, 2.45) is 11.3 Å². The molecule has 0 spiro atoms. The zero-order chi connectivity index (χ0) is 7.90. The molecule has 0 N–H and O–H groups in total. The van der Waals surface area contributed by atoms with Gasteiger partial charge in [-0.2, -0.15) is 0 Å². The SMILES string of the molecule is CCC1CC2=CCCC[C@]21C. The molecule has 0 heteroatoms. The number of rotatable bonds is 1. The molecule has 0 aromatic carbocycles. The minimum absolute atomic E-state index is 0.646. The molecular formula is C11H18. The van der Waals surface area contributed by atoms with Crippen LogP contribution in [0.15, 0.2) is 11.6 Å². The number of fused-ring (bicyclic) bond motifs is 1. The number of hydrogen-bond acceptors (Lipinski definition) is 0. The number of hydrogen-bond donors (Lipinski definition) is 0. The third kappa shape index (κ3) is 0.881. The van der Waals surface area contributed by atoms with Gasteiger partial charge in [0.2, 0.25) is 0 Å². The van der Waals surface area contributed by atoms with Crippen molar-refractivity contribution in [3.8, 4) is 0 Å². The molecule has 1 saturated carbocycles. The van der Waals surface area contributed by atoms with E-state index in [-0.39, 0.29) is 0 Å². The summed E-state index contributed by atoms with van der Waals surface area (Å²) in [4.78, 5) is 0. The Morgan fingerprint density at radius 2 is 2.45 bits per heavy atom. The normalized spacial score (nSPS) is 42.4. The topological polar surface area (TPSA) is 0 Å². The molecule has 11 heavy (non-hydrogen) atoms. The maximum Gasteiger partial charge on any atom is -0.00850 e. The highest BCUT2D eigenvalue weighted by Gasteiger charge is 2.46. The van der Waals surface area contributed by atoms with Gasteiger partial charge in [0.15, 0.2) is 0 Å². The van der Waals surface area contributed by atoms with E-state index in [1.807, 2.05) is 0 Å². The third-order valence-corrected chi connectivity index (χ3v) is 3.88. The molecule has 0 aromatic rings. The number of allylic oxidation sites excluding steroid dienone is 2. The van der Waals surface area contributed by atoms with Gasteiger partial charge in [0.05, 0.1) is 0 Å². The molecular weight excluding hydrogens is 132 g/mol. The van der Waals surface area contributed by atoms with Gasteiger partial charge in [-0.3, -0.25) is 0 Å². The van der Waals surface area contributed by atoms with Crippen LogP contribution in [0.5, 0.6) is 0 Å². The van der Waals surface area contributed by atoms with Gasteiger partial charge in [-0.25, -0.2) is 0 Å². The Morgan fingerprint density at radius 3 is 3.09 bits per heavy atom. The van der Waals surface area contributed by atoms with E-state index in [9.17, 15) is 0 Å². The fraction of sp³-hybridized carbons (Fsp3) is 0.818. The molecule has 2 aliphatic rings. The van der Waals surface area contributed by atoms with Gasteiger partial charge in [0, 0.05) is 0 Å². The van der Waals surface area contributed by atoms with Crippen molar-refractivity contribution in [1.29, 1.82) is 0 Å². The quantitative estimate of drug-likeness (QED) is 0.502. The molecule has 0 heterocycles. The first kappa shape index (κ1) is 7.39. The van der Waals surface area contributed by atoms with Gasteiger partial charge >= 0.3 is 0 Å². The molecule has 0 radical (unpaired) electrons. The second kappa shape index (κ2) is 2.36. The zero-order valence-electron chi connectivity index (χ0n) is 7.69. The van der Waals surface area contributed by atoms with E-state index < -0.39 is 0 Å². The second-order valence-corrected chi connectivity index (χ2v) is 4.35. The van der Waals surface area contributed by atoms with Gasteiger partial charge in [-0.15, -0.1) is 0 Å². The van der Waals surface area contributed by atoms with Crippen LogP contribution in [0.25, 0.3) is 0 Å². The van der Waals surface area contributed by atoms with Crippen molar-refractivity contribution in [1.82, 2.24) is 0 Å². The predicted molar refractivity (Wildman–Crippen MR) is 48.4 cm³/mol. The maximum absolute atomic E-state index is 2.50. The van der Waals surface area contributed by atoms with Gasteiger partial charge in [0.1, 0.15) is 0 Å². The smallest absolute Gasteiger partial charge is 0.00850 e. The van der Waals surface area contributed by atoms with Crippen LogP contribution >= 0.6 is 0 Å². The van der Waals surface area contributed by atoms with E-state index >= 15 is 0 Å². The summed E-state index contributed by atoms with van der Waals surface area (Å²) in [5, 5.41) is 0. The lowest BCUT2D eigenvalue weighted by Gasteiger charge is -2.52. The van der Waals surface area contributed by atoms with Crippen molar-refractivity contribution < 1.29 is 0 Å². The zero-order valence-corrected chi connectivity index (χ0v) is 7.69. The van der Waals surface area contributed by atoms with Crippen molar-refractivity contribution >= 4 is 0 Å². The molecule has 2 atom stereocenters. The minimum Gasteiger partial charge on any atom is -0.0848 e. The van der Waals surface area contributed by atoms with Gasteiger partial charge in [0.25, 0.3) is 0 Å². The van der Waals surface area contributed by atoms with E-state index in [2.05, 4.69) is 19.9 Å². The van der Waals surface area contributed by atoms with Crippen LogP contribution in [-0.4, -0.2) is 0 Å². The highest BCUT2D eigenvalue weighted by molar-refractivity contribution is 5.27. The van der Waals surface area contributed by atoms with Gasteiger partial charge in [-0.05, 0) is 37.0 Å². The standard InChI is InChI=1S/C11H18/c1-3-9-8-10-6-4-5-7-11(9,10)2/h6,9H,3-5,7-8H2,1-2H3/t9?,11-/m0/s1. The largest absolute Gasteiger partial charge is 0.0848 e. The van der Waals surface area contributed by atoms with Gasteiger partial charge < -0.3 is 0 Å². The molecule has 0 amide bonds. The third-order valence-electron chi connectivity index (χ3n) is 3.88. The van der Waals surface area contributed by atoms with Crippen LogP contribution in [-0.2, 0) is 0 Å². The van der Waals surface area contributed by atoms with Crippen LogP contribution in [0.3, 0.4) is 0 Å². The summed E-state index contributed by atoms with van der Waals surface area (Å²) in [5.41, 5.74) is 2.42. The van der Waals surface area contributed by atoms with E-state index in [0.717, 1.165) is 5.92 Å². The van der Waals surface area contributed by atoms with E-state index in [0.29, 0.717) is 5.41 Å². The monoisotopic (exact) mass is 150 g/mol. The summed E-state index contributed by atoms with van der Waals surface area (Å²) >= 11 is 0. The van der Waals surface area contributed by atoms with E-state index in [1.165, 1.54) is 32.1 Å². The lowest BCUT2D eigenvalue weighted by molar-refractivity contribution is 0.112. The first-order valence-corrected chi connectivity index (χ1v) is 4.97. The molecule has 0 bridgehead atoms. The molecule has 0 saturated heterocycles. The van der Waals surface area contributed by atoms with Crippen molar-refractivity contribution in [3.05, 3.63) is 11.6 Å². The Labute approximate surface area is 69.7 Å². The summed E-state index contributed by atoms with van der Waals surface area (Å²) in [7, 11) is 0. The summed E-state index contributed by atoms with van der Waals surface area (Å²) in [6.45, 7) is 4.80. The average Bonchev–Trinajstić information content (AvgIpc) is 1.99. The Morgan fingerprint density at radius 1 is 1.64 bits per heavy atom. The second-order valence-electron chi connectivity index (χ2n) is 4.35. The lowest BCUT2D eigenvalue weighted by atomic mass is 9.53. The summed E-state index contributed by atoms with van der Waals surface area (Å²) < 4.78 is 0. The van der Waals surface area contributed by atoms with E-state index in [1.54, 1.807) is 5.57 Å². The molecule has 0 aromatic heterocycles. The summed E-state index contributed by atoms with van der Waals surface area (Å²) in [5.74, 6) is 1.01. The Bertz CT molecular complexity index is 190. The molecule has 0 aliphatic heterocycles. The van der Waals surface area contributed by atoms with Crippen molar-refractivity contribution in [2.75, 3.05) is 0 Å². The summed E-state index contributed by atoms with van der Waals surface area (Å²) in [6, 6.07) is 0. The highest BCUT2D eigenvalue weighted by atomic mass is 14.5. The van der Waals surface area contributed by atoms with Crippen LogP contribution in [0.1, 0.15) is 46.0 Å². The first-order valence-electron chi connectivity index (χ1n) is 4.97. The van der Waals surface area contributed by atoms with E-state index in [4.69, 9.17) is 0 Å². The lowest BCUT2D eigenvalue weighted by Crippen LogP contribution is -2.41. The van der Waals surface area contributed by atoms with Gasteiger partial charge in [-0.1, -0.05) is 31.9 Å². The molecule has 2 aliphatic carbocycles. The van der Waals surface area contributed by atoms with Crippen molar-refractivity contribution in [2.45, 2.75) is 46.0 Å². The molecule has 62 valence electrons. The maximum atomic E-state index is 2.50. The molecule has 2 rings (SSSR count). The van der Waals surface area contributed by atoms with Crippen LogP contribution in [0.2, 0.25) is 0 Å². The molecule has 0 nitrogen and oxygen atoms in total. The fourth-order valence-corrected chi connectivity index (χ4v) is 2.88. The van der Waals surface area contributed by atoms with Crippen molar-refractivity contribution in [3.63, 3.8) is 0 Å². The van der Waals surface area contributed by atoms with Crippen LogP contribution in [0.4, 0.5) is 0 Å². The fourth-order valence-electron chi connectivity index (χ4n) is 2.88. The first-order chi connectivity index (χ1) is 5.27. The average molecular weight is 150 g/mol. The van der Waals surface area contributed by atoms with Crippen LogP contribution < -0.4 is 0 Å². The Balaban J connectivity index is 2.18. The predicted octanol–water partition coefficient (Wildman–Crippen LogP) is 3.53. The Kier molecular flexibility index (Phi) is 1.59. The summed E-state index contributed by atoms with van der Waals surface area (Å²) in [6.07, 6.45) is 9.52. The minimum atomic E-state index is 0.646. The Hall–Kier alpha value is -0.260. The highest BCUT2D eigenvalue weighted by Crippen LogP contribution is 2.57. The molecule has 1 unspecified atom stereocenters. The molecule has 1 fully saturated rings. The van der Waals surface area contributed by atoms with Crippen LogP contribution in [0, 0.1) is 11.3 Å².